The molecule has 1 aromatic carbocycles. The van der Waals surface area contributed by atoms with Crippen LogP contribution in [0.1, 0.15) is 5.56 Å². The third kappa shape index (κ3) is 6.02. The lowest BCUT2D eigenvalue weighted by atomic mass is 10.2. The molecule has 16 heavy (non-hydrogen) atoms. The van der Waals surface area contributed by atoms with Gasteiger partial charge in [0, 0.05) is 18.7 Å². The number of nitrogens with one attached hydrogen (secondary N) is 1. The predicted octanol–water partition coefficient (Wildman–Crippen LogP) is 1.35. The molecule has 1 rings (SSSR count). The van der Waals surface area contributed by atoms with Crippen molar-refractivity contribution in [2.45, 2.75) is 6.54 Å². The van der Waals surface area contributed by atoms with E-state index in [1.165, 1.54) is 6.07 Å². The van der Waals surface area contributed by atoms with Gasteiger partial charge in [-0.15, -0.1) is 12.4 Å². The van der Waals surface area contributed by atoms with Crippen LogP contribution < -0.4 is 5.32 Å². The fraction of sp³-hybridized carbons (Fsp3) is 0.455. The van der Waals surface area contributed by atoms with Gasteiger partial charge >= 0.3 is 0 Å². The molecule has 3 nitrogen and oxygen atoms in total. The fourth-order valence-electron chi connectivity index (χ4n) is 1.18. The number of halogens is 2. The third-order valence-electron chi connectivity index (χ3n) is 1.93. The molecule has 0 unspecified atom stereocenters. The number of ether oxygens (including phenoxy) is 1. The summed E-state index contributed by atoms with van der Waals surface area (Å²) >= 11 is 0. The molecular weight excluding hydrogens is 233 g/mol. The summed E-state index contributed by atoms with van der Waals surface area (Å²) in [5, 5.41) is 11.5. The van der Waals surface area contributed by atoms with Gasteiger partial charge in [0.15, 0.2) is 0 Å². The Labute approximate surface area is 101 Å². The van der Waals surface area contributed by atoms with Gasteiger partial charge in [0.2, 0.25) is 0 Å². The standard InChI is InChI=1S/C11H16FNO2.ClH/c12-11-4-2-1-3-10(11)9-13-5-7-15-8-6-14;/h1-4,13-14H,5-9H2;1H. The predicted molar refractivity (Wildman–Crippen MR) is 63.3 cm³/mol. The van der Waals surface area contributed by atoms with Crippen LogP contribution >= 0.6 is 12.4 Å². The molecule has 0 heterocycles. The fourth-order valence-corrected chi connectivity index (χ4v) is 1.18. The van der Waals surface area contributed by atoms with Gasteiger partial charge < -0.3 is 15.2 Å². The molecule has 0 atom stereocenters. The molecule has 1 aromatic rings. The highest BCUT2D eigenvalue weighted by atomic mass is 35.5. The maximum absolute atomic E-state index is 13.1. The third-order valence-corrected chi connectivity index (χ3v) is 1.93. The van der Waals surface area contributed by atoms with Crippen molar-refractivity contribution in [1.29, 1.82) is 0 Å². The number of benzene rings is 1. The van der Waals surface area contributed by atoms with Crippen LogP contribution in [0.5, 0.6) is 0 Å². The zero-order valence-electron chi connectivity index (χ0n) is 8.99. The maximum atomic E-state index is 13.1. The van der Waals surface area contributed by atoms with Crippen LogP contribution in [0.3, 0.4) is 0 Å². The molecule has 92 valence electrons. The summed E-state index contributed by atoms with van der Waals surface area (Å²) in [5.41, 5.74) is 0.652. The van der Waals surface area contributed by atoms with Crippen molar-refractivity contribution in [2.24, 2.45) is 0 Å². The molecular formula is C11H17ClFNO2. The molecule has 0 aliphatic carbocycles. The summed E-state index contributed by atoms with van der Waals surface area (Å²) < 4.78 is 18.2. The molecule has 0 aliphatic heterocycles. The van der Waals surface area contributed by atoms with E-state index in [0.717, 1.165) is 0 Å². The second kappa shape index (κ2) is 9.54. The first-order chi connectivity index (χ1) is 7.34. The van der Waals surface area contributed by atoms with Gasteiger partial charge in [0.05, 0.1) is 19.8 Å². The number of aliphatic hydroxyl groups excluding tert-OH is 1. The van der Waals surface area contributed by atoms with Crippen molar-refractivity contribution in [3.63, 3.8) is 0 Å². The molecule has 0 aromatic heterocycles. The van der Waals surface area contributed by atoms with Crippen molar-refractivity contribution >= 4 is 12.4 Å². The van der Waals surface area contributed by atoms with E-state index in [1.807, 2.05) is 6.07 Å². The van der Waals surface area contributed by atoms with Crippen molar-refractivity contribution in [1.82, 2.24) is 5.32 Å². The molecule has 2 N–H and O–H groups in total. The highest BCUT2D eigenvalue weighted by molar-refractivity contribution is 5.85. The minimum atomic E-state index is -0.193. The van der Waals surface area contributed by atoms with E-state index in [1.54, 1.807) is 12.1 Å². The Hall–Kier alpha value is -0.680. The van der Waals surface area contributed by atoms with Gasteiger partial charge in [0.25, 0.3) is 0 Å². The topological polar surface area (TPSA) is 41.5 Å². The van der Waals surface area contributed by atoms with Crippen molar-refractivity contribution < 1.29 is 14.2 Å². The van der Waals surface area contributed by atoms with Crippen LogP contribution in [0.15, 0.2) is 24.3 Å². The first-order valence-electron chi connectivity index (χ1n) is 4.97. The molecule has 0 saturated carbocycles. The van der Waals surface area contributed by atoms with Crippen molar-refractivity contribution in [2.75, 3.05) is 26.4 Å². The molecule has 0 aliphatic rings. The monoisotopic (exact) mass is 249 g/mol. The Morgan fingerprint density at radius 1 is 1.25 bits per heavy atom. The number of aliphatic hydroxyl groups is 1. The summed E-state index contributed by atoms with van der Waals surface area (Å²) in [6.45, 7) is 2.05. The second-order valence-electron chi connectivity index (χ2n) is 3.10. The molecule has 0 fully saturated rings. The highest BCUT2D eigenvalue weighted by Gasteiger charge is 1.98. The molecule has 0 saturated heterocycles. The van der Waals surface area contributed by atoms with Crippen LogP contribution in [-0.4, -0.2) is 31.5 Å². The van der Waals surface area contributed by atoms with E-state index in [-0.39, 0.29) is 24.8 Å². The average Bonchev–Trinajstić information content (AvgIpc) is 2.25. The zero-order valence-corrected chi connectivity index (χ0v) is 9.80. The van der Waals surface area contributed by atoms with E-state index in [0.29, 0.717) is 31.9 Å². The van der Waals surface area contributed by atoms with Gasteiger partial charge in [-0.1, -0.05) is 18.2 Å². The largest absolute Gasteiger partial charge is 0.394 e. The second-order valence-corrected chi connectivity index (χ2v) is 3.10. The molecule has 5 heteroatoms. The highest BCUT2D eigenvalue weighted by Crippen LogP contribution is 2.04. The summed E-state index contributed by atoms with van der Waals surface area (Å²) in [6, 6.07) is 6.67. The Morgan fingerprint density at radius 2 is 2.00 bits per heavy atom. The molecule has 0 radical (unpaired) electrons. The van der Waals surface area contributed by atoms with Gasteiger partial charge in [-0.25, -0.2) is 4.39 Å². The van der Waals surface area contributed by atoms with Gasteiger partial charge in [-0.2, -0.15) is 0 Å². The minimum Gasteiger partial charge on any atom is -0.394 e. The van der Waals surface area contributed by atoms with Crippen LogP contribution in [0.4, 0.5) is 4.39 Å². The zero-order chi connectivity index (χ0) is 10.9. The smallest absolute Gasteiger partial charge is 0.127 e. The van der Waals surface area contributed by atoms with Crippen LogP contribution in [-0.2, 0) is 11.3 Å². The summed E-state index contributed by atoms with van der Waals surface area (Å²) in [4.78, 5) is 0. The van der Waals surface area contributed by atoms with Crippen molar-refractivity contribution in [3.05, 3.63) is 35.6 Å². The quantitative estimate of drug-likeness (QED) is 0.717. The Bertz CT molecular complexity index is 286. The lowest BCUT2D eigenvalue weighted by Gasteiger charge is -2.06. The summed E-state index contributed by atoms with van der Waals surface area (Å²) in [6.07, 6.45) is 0. The summed E-state index contributed by atoms with van der Waals surface area (Å²) in [7, 11) is 0. The first-order valence-corrected chi connectivity index (χ1v) is 4.97. The number of rotatable bonds is 7. The summed E-state index contributed by atoms with van der Waals surface area (Å²) in [5.74, 6) is -0.193. The minimum absolute atomic E-state index is 0. The number of hydrogen-bond donors (Lipinski definition) is 2. The van der Waals surface area contributed by atoms with Gasteiger partial charge in [-0.3, -0.25) is 0 Å². The van der Waals surface area contributed by atoms with Gasteiger partial charge in [0.1, 0.15) is 5.82 Å². The van der Waals surface area contributed by atoms with Crippen molar-refractivity contribution in [3.8, 4) is 0 Å². The van der Waals surface area contributed by atoms with Gasteiger partial charge in [-0.05, 0) is 6.07 Å². The van der Waals surface area contributed by atoms with E-state index in [2.05, 4.69) is 5.32 Å². The normalized spacial score (nSPS) is 9.88. The van der Waals surface area contributed by atoms with Crippen LogP contribution in [0, 0.1) is 5.82 Å². The Morgan fingerprint density at radius 3 is 2.69 bits per heavy atom. The molecule has 0 bridgehead atoms. The molecule has 0 spiro atoms. The van der Waals surface area contributed by atoms with Crippen LogP contribution in [0.25, 0.3) is 0 Å². The molecule has 0 amide bonds. The average molecular weight is 250 g/mol. The van der Waals surface area contributed by atoms with E-state index < -0.39 is 0 Å². The lowest BCUT2D eigenvalue weighted by Crippen LogP contribution is -2.20. The SMILES string of the molecule is Cl.OCCOCCNCc1ccccc1F. The Kier molecular flexibility index (Phi) is 9.13. The van der Waals surface area contributed by atoms with Crippen LogP contribution in [0.2, 0.25) is 0 Å². The number of hydrogen-bond acceptors (Lipinski definition) is 3. The maximum Gasteiger partial charge on any atom is 0.127 e. The lowest BCUT2D eigenvalue weighted by molar-refractivity contribution is 0.0937. The van der Waals surface area contributed by atoms with E-state index >= 15 is 0 Å². The van der Waals surface area contributed by atoms with E-state index in [4.69, 9.17) is 9.84 Å². The van der Waals surface area contributed by atoms with E-state index in [9.17, 15) is 4.39 Å². The Balaban J connectivity index is 0.00000225. The first kappa shape index (κ1) is 15.3.